The molecule has 162 valence electrons. The summed E-state index contributed by atoms with van der Waals surface area (Å²) in [5.74, 6) is -0.921. The Kier molecular flexibility index (Phi) is 6.08. The molecular weight excluding hydrogens is 433 g/mol. The first kappa shape index (κ1) is 22.4. The maximum Gasteiger partial charge on any atom is 0.416 e. The van der Waals surface area contributed by atoms with Gasteiger partial charge >= 0.3 is 6.18 Å². The van der Waals surface area contributed by atoms with Crippen molar-refractivity contribution in [3.05, 3.63) is 80.7 Å². The number of nitrogens with one attached hydrogen (secondary N) is 1. The van der Waals surface area contributed by atoms with Gasteiger partial charge in [-0.2, -0.15) is 18.3 Å². The SMILES string of the molecule is Cc1cc(=O)c(C(=O)Nc2cc(C(F)(F)F)ccc2N(C)C)nn1-c1ccc(Cl)cc1. The second kappa shape index (κ2) is 8.43. The predicted octanol–water partition coefficient (Wildman–Crippen LogP) is 4.53. The topological polar surface area (TPSA) is 67.2 Å². The molecule has 0 saturated heterocycles. The first-order valence-electron chi connectivity index (χ1n) is 9.04. The molecular formula is C21H18ClF3N4O2. The average Bonchev–Trinajstić information content (AvgIpc) is 2.68. The van der Waals surface area contributed by atoms with Gasteiger partial charge in [0.15, 0.2) is 5.69 Å². The van der Waals surface area contributed by atoms with Gasteiger partial charge in [-0.25, -0.2) is 4.68 Å². The van der Waals surface area contributed by atoms with E-state index in [1.54, 1.807) is 50.2 Å². The van der Waals surface area contributed by atoms with Gasteiger partial charge in [-0.05, 0) is 49.4 Å². The van der Waals surface area contributed by atoms with E-state index >= 15 is 0 Å². The number of rotatable bonds is 4. The van der Waals surface area contributed by atoms with Crippen molar-refractivity contribution in [1.82, 2.24) is 9.78 Å². The average molecular weight is 451 g/mol. The van der Waals surface area contributed by atoms with E-state index in [1.165, 1.54) is 16.8 Å². The van der Waals surface area contributed by atoms with Crippen LogP contribution in [-0.2, 0) is 6.18 Å². The summed E-state index contributed by atoms with van der Waals surface area (Å²) in [6.45, 7) is 1.64. The molecule has 0 bridgehead atoms. The number of aromatic nitrogens is 2. The van der Waals surface area contributed by atoms with Crippen LogP contribution in [0.5, 0.6) is 0 Å². The third-order valence-electron chi connectivity index (χ3n) is 4.45. The molecule has 0 aliphatic heterocycles. The quantitative estimate of drug-likeness (QED) is 0.634. The summed E-state index contributed by atoms with van der Waals surface area (Å²) in [7, 11) is 3.24. The van der Waals surface area contributed by atoms with Crippen LogP contribution in [0.1, 0.15) is 21.7 Å². The van der Waals surface area contributed by atoms with E-state index in [1.807, 2.05) is 0 Å². The van der Waals surface area contributed by atoms with E-state index in [-0.39, 0.29) is 5.69 Å². The molecule has 0 fully saturated rings. The fraction of sp³-hybridized carbons (Fsp3) is 0.190. The van der Waals surface area contributed by atoms with Crippen LogP contribution in [0.4, 0.5) is 24.5 Å². The van der Waals surface area contributed by atoms with Crippen molar-refractivity contribution in [3.63, 3.8) is 0 Å². The predicted molar refractivity (Wildman–Crippen MR) is 113 cm³/mol. The minimum atomic E-state index is -4.59. The minimum absolute atomic E-state index is 0.0929. The number of alkyl halides is 3. The first-order chi connectivity index (χ1) is 14.5. The highest BCUT2D eigenvalue weighted by Gasteiger charge is 2.31. The molecule has 31 heavy (non-hydrogen) atoms. The van der Waals surface area contributed by atoms with Gasteiger partial charge in [0.05, 0.1) is 22.6 Å². The molecule has 10 heteroatoms. The van der Waals surface area contributed by atoms with E-state index in [2.05, 4.69) is 10.4 Å². The fourth-order valence-corrected chi connectivity index (χ4v) is 3.06. The molecule has 0 radical (unpaired) electrons. The van der Waals surface area contributed by atoms with Crippen LogP contribution in [0.2, 0.25) is 5.02 Å². The Balaban J connectivity index is 2.03. The zero-order valence-electron chi connectivity index (χ0n) is 16.8. The highest BCUT2D eigenvalue weighted by molar-refractivity contribution is 6.30. The third-order valence-corrected chi connectivity index (χ3v) is 4.70. The van der Waals surface area contributed by atoms with Gasteiger partial charge in [-0.1, -0.05) is 11.6 Å². The number of anilines is 2. The Bertz CT molecular complexity index is 1190. The van der Waals surface area contributed by atoms with Gasteiger partial charge in [0.25, 0.3) is 5.91 Å². The van der Waals surface area contributed by atoms with Crippen LogP contribution in [0.3, 0.4) is 0 Å². The summed E-state index contributed by atoms with van der Waals surface area (Å²) in [4.78, 5) is 26.8. The Hall–Kier alpha value is -3.33. The molecule has 0 atom stereocenters. The second-order valence-electron chi connectivity index (χ2n) is 6.97. The maximum absolute atomic E-state index is 13.1. The number of benzene rings is 2. The van der Waals surface area contributed by atoms with Crippen molar-refractivity contribution in [2.24, 2.45) is 0 Å². The summed E-state index contributed by atoms with van der Waals surface area (Å²) in [5, 5.41) is 7.02. The Labute approximate surface area is 180 Å². The Morgan fingerprint density at radius 3 is 2.32 bits per heavy atom. The number of halogens is 4. The molecule has 1 heterocycles. The fourth-order valence-electron chi connectivity index (χ4n) is 2.93. The van der Waals surface area contributed by atoms with Crippen LogP contribution in [-0.4, -0.2) is 29.8 Å². The molecule has 2 aromatic carbocycles. The van der Waals surface area contributed by atoms with Gasteiger partial charge in [-0.3, -0.25) is 9.59 Å². The zero-order valence-corrected chi connectivity index (χ0v) is 17.5. The maximum atomic E-state index is 13.1. The van der Waals surface area contributed by atoms with Crippen molar-refractivity contribution < 1.29 is 18.0 Å². The number of hydrogen-bond acceptors (Lipinski definition) is 4. The van der Waals surface area contributed by atoms with Gasteiger partial charge in [-0.15, -0.1) is 0 Å². The van der Waals surface area contributed by atoms with Gasteiger partial charge in [0.2, 0.25) is 5.43 Å². The molecule has 3 aromatic rings. The lowest BCUT2D eigenvalue weighted by Gasteiger charge is -2.20. The van der Waals surface area contributed by atoms with Crippen molar-refractivity contribution in [2.75, 3.05) is 24.3 Å². The van der Waals surface area contributed by atoms with E-state index in [9.17, 15) is 22.8 Å². The molecule has 0 saturated carbocycles. The first-order valence-corrected chi connectivity index (χ1v) is 9.42. The number of nitrogens with zero attached hydrogens (tertiary/aromatic N) is 3. The summed E-state index contributed by atoms with van der Waals surface area (Å²) in [6, 6.07) is 10.8. The van der Waals surface area contributed by atoms with E-state index < -0.39 is 28.8 Å². The largest absolute Gasteiger partial charge is 0.416 e. The van der Waals surface area contributed by atoms with Crippen molar-refractivity contribution >= 4 is 28.9 Å². The lowest BCUT2D eigenvalue weighted by atomic mass is 10.1. The summed E-state index contributed by atoms with van der Waals surface area (Å²) >= 11 is 5.89. The molecule has 0 spiro atoms. The van der Waals surface area contributed by atoms with Gasteiger partial charge in [0.1, 0.15) is 0 Å². The van der Waals surface area contributed by atoms with Crippen LogP contribution in [0.25, 0.3) is 5.69 Å². The van der Waals surface area contributed by atoms with Gasteiger partial charge < -0.3 is 10.2 Å². The molecule has 1 N–H and O–H groups in total. The third kappa shape index (κ3) is 4.88. The van der Waals surface area contributed by atoms with Crippen molar-refractivity contribution in [2.45, 2.75) is 13.1 Å². The van der Waals surface area contributed by atoms with Crippen molar-refractivity contribution in [3.8, 4) is 5.69 Å². The summed E-state index contributed by atoms with van der Waals surface area (Å²) in [5.41, 5.74) is -0.762. The molecule has 6 nitrogen and oxygen atoms in total. The van der Waals surface area contributed by atoms with Crippen LogP contribution in [0.15, 0.2) is 53.3 Å². The number of hydrogen-bond donors (Lipinski definition) is 1. The summed E-state index contributed by atoms with van der Waals surface area (Å²) < 4.78 is 40.8. The van der Waals surface area contributed by atoms with Crippen LogP contribution < -0.4 is 15.6 Å². The highest BCUT2D eigenvalue weighted by Crippen LogP contribution is 2.35. The van der Waals surface area contributed by atoms with Crippen molar-refractivity contribution in [1.29, 1.82) is 0 Å². The molecule has 1 amide bonds. The summed E-state index contributed by atoms with van der Waals surface area (Å²) in [6.07, 6.45) is -4.59. The van der Waals surface area contributed by atoms with E-state index in [4.69, 9.17) is 11.6 Å². The molecule has 0 aliphatic carbocycles. The van der Waals surface area contributed by atoms with Crippen LogP contribution in [0, 0.1) is 6.92 Å². The Morgan fingerprint density at radius 2 is 1.74 bits per heavy atom. The molecule has 0 unspecified atom stereocenters. The number of carbonyl (C=O) groups is 1. The van der Waals surface area contributed by atoms with E-state index in [0.717, 1.165) is 12.1 Å². The zero-order chi connectivity index (χ0) is 22.9. The molecule has 0 aliphatic rings. The minimum Gasteiger partial charge on any atom is -0.376 e. The standard InChI is InChI=1S/C21H18ClF3N4O2/c1-12-10-18(30)19(27-29(12)15-7-5-14(22)6-8-15)20(31)26-16-11-13(21(23,24)25)4-9-17(16)28(2)3/h4-11H,1-3H3,(H,26,31). The number of aryl methyl sites for hydroxylation is 1. The lowest BCUT2D eigenvalue weighted by molar-refractivity contribution is -0.137. The highest BCUT2D eigenvalue weighted by atomic mass is 35.5. The normalized spacial score (nSPS) is 11.3. The Morgan fingerprint density at radius 1 is 1.10 bits per heavy atom. The molecule has 3 rings (SSSR count). The second-order valence-corrected chi connectivity index (χ2v) is 7.40. The van der Waals surface area contributed by atoms with E-state index in [0.29, 0.717) is 22.1 Å². The number of carbonyl (C=O) groups excluding carboxylic acids is 1. The number of amides is 1. The monoisotopic (exact) mass is 450 g/mol. The van der Waals surface area contributed by atoms with Gasteiger partial charge in [0, 0.05) is 30.9 Å². The lowest BCUT2D eigenvalue weighted by Crippen LogP contribution is -2.27. The van der Waals surface area contributed by atoms with Crippen LogP contribution >= 0.6 is 11.6 Å². The smallest absolute Gasteiger partial charge is 0.376 e. The molecule has 1 aromatic heterocycles.